The molecular formula is C18H20BrN3O6. The summed E-state index contributed by atoms with van der Waals surface area (Å²) in [6.07, 6.45) is 1.09. The number of hydrogen-bond donors (Lipinski definition) is 3. The summed E-state index contributed by atoms with van der Waals surface area (Å²) in [5.74, 6) is -0.653. The van der Waals surface area contributed by atoms with Crippen molar-refractivity contribution in [3.05, 3.63) is 39.4 Å². The second-order valence-corrected chi connectivity index (χ2v) is 7.20. The largest absolute Gasteiger partial charge is 0.506 e. The minimum atomic E-state index is -0.627. The number of aromatic nitrogens is 2. The van der Waals surface area contributed by atoms with E-state index in [-0.39, 0.29) is 29.1 Å². The standard InChI is InChI=1S/C18H20BrN3O6/c1-3-13-14(27-9(2)23)7-15(28-13)22-8-10(19)17(21-18(22)26)20-16-11(24)5-4-6-12(16)25/h4-6,8,13-15,24-25H,3,7H2,1-2H3,(H,20,21,26)/t13-,14-,15-/m1/s1. The van der Waals surface area contributed by atoms with Gasteiger partial charge in [-0.15, -0.1) is 0 Å². The molecule has 0 aliphatic carbocycles. The van der Waals surface area contributed by atoms with Crippen LogP contribution in [0.15, 0.2) is 33.7 Å². The van der Waals surface area contributed by atoms with Crippen LogP contribution in [-0.2, 0) is 14.3 Å². The van der Waals surface area contributed by atoms with Gasteiger partial charge in [-0.2, -0.15) is 4.98 Å². The van der Waals surface area contributed by atoms with Crippen molar-refractivity contribution < 1.29 is 24.5 Å². The van der Waals surface area contributed by atoms with Gasteiger partial charge in [0.25, 0.3) is 0 Å². The summed E-state index contributed by atoms with van der Waals surface area (Å²) >= 11 is 3.33. The van der Waals surface area contributed by atoms with Gasteiger partial charge < -0.3 is 25.0 Å². The Kier molecular flexibility index (Phi) is 5.90. The van der Waals surface area contributed by atoms with Crippen LogP contribution < -0.4 is 11.0 Å². The molecule has 150 valence electrons. The Morgan fingerprint density at radius 3 is 2.71 bits per heavy atom. The zero-order valence-corrected chi connectivity index (χ0v) is 16.8. The van der Waals surface area contributed by atoms with Crippen molar-refractivity contribution in [2.45, 2.75) is 45.1 Å². The fourth-order valence-corrected chi connectivity index (χ4v) is 3.49. The summed E-state index contributed by atoms with van der Waals surface area (Å²) in [6, 6.07) is 4.27. The number of halogens is 1. The summed E-state index contributed by atoms with van der Waals surface area (Å²) in [6.45, 7) is 3.24. The SMILES string of the molecule is CC[C@H]1O[C@@H](n2cc(Br)c(Nc3c(O)cccc3O)nc2=O)C[C@H]1OC(C)=O. The molecule has 1 aromatic carbocycles. The normalized spacial score (nSPS) is 21.5. The molecule has 1 aliphatic heterocycles. The molecule has 3 N–H and O–H groups in total. The maximum Gasteiger partial charge on any atom is 0.351 e. The summed E-state index contributed by atoms with van der Waals surface area (Å²) < 4.78 is 12.9. The lowest BCUT2D eigenvalue weighted by Gasteiger charge is -2.17. The molecule has 10 heteroatoms. The first-order valence-electron chi connectivity index (χ1n) is 8.69. The van der Waals surface area contributed by atoms with Crippen molar-refractivity contribution >= 4 is 33.4 Å². The van der Waals surface area contributed by atoms with Crippen molar-refractivity contribution in [2.75, 3.05) is 5.32 Å². The fourth-order valence-electron chi connectivity index (χ4n) is 3.08. The number of carbonyl (C=O) groups excluding carboxylic acids is 1. The van der Waals surface area contributed by atoms with E-state index in [0.29, 0.717) is 17.3 Å². The van der Waals surface area contributed by atoms with Gasteiger partial charge in [-0.05, 0) is 34.5 Å². The Bertz CT molecular complexity index is 927. The fraction of sp³-hybridized carbons (Fsp3) is 0.389. The Morgan fingerprint density at radius 1 is 1.43 bits per heavy atom. The summed E-state index contributed by atoms with van der Waals surface area (Å²) in [5.41, 5.74) is -0.560. The van der Waals surface area contributed by atoms with Crippen LogP contribution in [0.1, 0.15) is 32.9 Å². The number of benzene rings is 1. The molecule has 1 saturated heterocycles. The van der Waals surface area contributed by atoms with Crippen molar-refractivity contribution in [3.8, 4) is 11.5 Å². The number of aromatic hydroxyl groups is 2. The van der Waals surface area contributed by atoms with Crippen LogP contribution in [0.25, 0.3) is 0 Å². The van der Waals surface area contributed by atoms with E-state index in [4.69, 9.17) is 9.47 Å². The number of hydrogen-bond acceptors (Lipinski definition) is 8. The maximum atomic E-state index is 12.5. The quantitative estimate of drug-likeness (QED) is 0.466. The molecule has 0 spiro atoms. The number of nitrogens with zero attached hydrogens (tertiary/aromatic N) is 2. The predicted molar refractivity (Wildman–Crippen MR) is 104 cm³/mol. The van der Waals surface area contributed by atoms with Crippen LogP contribution in [-0.4, -0.2) is 37.9 Å². The molecule has 1 fully saturated rings. The minimum Gasteiger partial charge on any atom is -0.506 e. The topological polar surface area (TPSA) is 123 Å². The molecule has 0 bridgehead atoms. The maximum absolute atomic E-state index is 12.5. The number of ether oxygens (including phenoxy) is 2. The first kappa shape index (κ1) is 20.2. The molecule has 1 aliphatic rings. The van der Waals surface area contributed by atoms with E-state index < -0.39 is 24.0 Å². The van der Waals surface area contributed by atoms with Gasteiger partial charge in [0.1, 0.15) is 29.5 Å². The highest BCUT2D eigenvalue weighted by molar-refractivity contribution is 9.10. The van der Waals surface area contributed by atoms with Crippen LogP contribution in [0.3, 0.4) is 0 Å². The Labute approximate surface area is 169 Å². The average Bonchev–Trinajstić information content (AvgIpc) is 3.02. The lowest BCUT2D eigenvalue weighted by molar-refractivity contribution is -0.149. The van der Waals surface area contributed by atoms with E-state index in [9.17, 15) is 19.8 Å². The Hall–Kier alpha value is -2.59. The number of rotatable bonds is 5. The Morgan fingerprint density at radius 2 is 2.11 bits per heavy atom. The van der Waals surface area contributed by atoms with Crippen molar-refractivity contribution in [3.63, 3.8) is 0 Å². The minimum absolute atomic E-state index is 0.0333. The highest BCUT2D eigenvalue weighted by Gasteiger charge is 2.38. The molecular weight excluding hydrogens is 434 g/mol. The number of esters is 1. The van der Waals surface area contributed by atoms with Crippen LogP contribution in [0, 0.1) is 0 Å². The van der Waals surface area contributed by atoms with Gasteiger partial charge in [0.2, 0.25) is 0 Å². The van der Waals surface area contributed by atoms with Crippen LogP contribution >= 0.6 is 15.9 Å². The van der Waals surface area contributed by atoms with Crippen molar-refractivity contribution in [1.29, 1.82) is 0 Å². The van der Waals surface area contributed by atoms with E-state index >= 15 is 0 Å². The van der Waals surface area contributed by atoms with Gasteiger partial charge in [-0.25, -0.2) is 4.79 Å². The lowest BCUT2D eigenvalue weighted by Crippen LogP contribution is -2.27. The first-order valence-corrected chi connectivity index (χ1v) is 9.48. The van der Waals surface area contributed by atoms with Gasteiger partial charge in [0.15, 0.2) is 5.82 Å². The molecule has 0 amide bonds. The molecule has 28 heavy (non-hydrogen) atoms. The van der Waals surface area contributed by atoms with E-state index in [0.717, 1.165) is 0 Å². The molecule has 2 heterocycles. The zero-order chi connectivity index (χ0) is 20.4. The lowest BCUT2D eigenvalue weighted by atomic mass is 10.1. The van der Waals surface area contributed by atoms with E-state index in [1.54, 1.807) is 0 Å². The van der Waals surface area contributed by atoms with E-state index in [1.165, 1.54) is 35.9 Å². The van der Waals surface area contributed by atoms with Gasteiger partial charge in [-0.1, -0.05) is 13.0 Å². The summed E-state index contributed by atoms with van der Waals surface area (Å²) in [7, 11) is 0. The number of para-hydroxylation sites is 1. The van der Waals surface area contributed by atoms with Crippen LogP contribution in [0.5, 0.6) is 11.5 Å². The molecule has 9 nitrogen and oxygen atoms in total. The average molecular weight is 454 g/mol. The predicted octanol–water partition coefficient (Wildman–Crippen LogP) is 2.79. The van der Waals surface area contributed by atoms with Crippen LogP contribution in [0.2, 0.25) is 0 Å². The van der Waals surface area contributed by atoms with Gasteiger partial charge in [-0.3, -0.25) is 9.36 Å². The second kappa shape index (κ2) is 8.19. The number of anilines is 2. The van der Waals surface area contributed by atoms with Crippen LogP contribution in [0.4, 0.5) is 11.5 Å². The molecule has 0 saturated carbocycles. The Balaban J connectivity index is 1.86. The molecule has 0 unspecified atom stereocenters. The summed E-state index contributed by atoms with van der Waals surface area (Å²) in [5, 5.41) is 22.5. The smallest absolute Gasteiger partial charge is 0.351 e. The third-order valence-electron chi connectivity index (χ3n) is 4.38. The highest BCUT2D eigenvalue weighted by Crippen LogP contribution is 2.37. The van der Waals surface area contributed by atoms with E-state index in [2.05, 4.69) is 26.2 Å². The molecule has 2 aromatic rings. The number of phenolic OH excluding ortho intramolecular Hbond substituents is 2. The van der Waals surface area contributed by atoms with Gasteiger partial charge in [0, 0.05) is 19.5 Å². The molecule has 0 radical (unpaired) electrons. The van der Waals surface area contributed by atoms with Crippen molar-refractivity contribution in [1.82, 2.24) is 9.55 Å². The molecule has 3 rings (SSSR count). The second-order valence-electron chi connectivity index (χ2n) is 6.34. The van der Waals surface area contributed by atoms with Crippen molar-refractivity contribution in [2.24, 2.45) is 0 Å². The summed E-state index contributed by atoms with van der Waals surface area (Å²) in [4.78, 5) is 27.8. The zero-order valence-electron chi connectivity index (χ0n) is 15.3. The monoisotopic (exact) mass is 453 g/mol. The van der Waals surface area contributed by atoms with Gasteiger partial charge >= 0.3 is 11.7 Å². The highest BCUT2D eigenvalue weighted by atomic mass is 79.9. The first-order chi connectivity index (χ1) is 13.3. The number of nitrogens with one attached hydrogen (secondary N) is 1. The third kappa shape index (κ3) is 4.12. The molecule has 1 aromatic heterocycles. The van der Waals surface area contributed by atoms with Gasteiger partial charge in [0.05, 0.1) is 10.6 Å². The molecule has 3 atom stereocenters. The third-order valence-corrected chi connectivity index (χ3v) is 4.96. The number of phenols is 2. The van der Waals surface area contributed by atoms with E-state index in [1.807, 2.05) is 6.92 Å². The number of carbonyl (C=O) groups is 1.